The van der Waals surface area contributed by atoms with Crippen molar-refractivity contribution in [1.29, 1.82) is 0 Å². The van der Waals surface area contributed by atoms with E-state index in [4.69, 9.17) is 4.74 Å². The fourth-order valence-electron chi connectivity index (χ4n) is 4.23. The number of carbonyl (C=O) groups excluding carboxylic acids is 1. The minimum atomic E-state index is -3.82. The molecule has 0 aromatic heterocycles. The molecule has 0 saturated carbocycles. The number of amides is 1. The van der Waals surface area contributed by atoms with Crippen LogP contribution in [0.3, 0.4) is 0 Å². The van der Waals surface area contributed by atoms with Crippen molar-refractivity contribution in [2.24, 2.45) is 11.3 Å². The van der Waals surface area contributed by atoms with Gasteiger partial charge in [0.15, 0.2) is 0 Å². The maximum Gasteiger partial charge on any atom is 0.243 e. The Labute approximate surface area is 160 Å². The highest BCUT2D eigenvalue weighted by atomic mass is 32.2. The van der Waals surface area contributed by atoms with Crippen LogP contribution in [0.5, 0.6) is 0 Å². The Morgan fingerprint density at radius 3 is 2.78 bits per heavy atom. The molecule has 0 aliphatic carbocycles. The number of halogens is 1. The predicted molar refractivity (Wildman–Crippen MR) is 99.2 cm³/mol. The largest absolute Gasteiger partial charge is 0.381 e. The lowest BCUT2D eigenvalue weighted by Crippen LogP contribution is -2.50. The molecule has 8 heteroatoms. The van der Waals surface area contributed by atoms with Crippen LogP contribution in [0.15, 0.2) is 23.1 Å². The molecule has 1 amide bonds. The van der Waals surface area contributed by atoms with E-state index < -0.39 is 15.8 Å². The van der Waals surface area contributed by atoms with Gasteiger partial charge in [0.05, 0.1) is 11.5 Å². The minimum Gasteiger partial charge on any atom is -0.381 e. The van der Waals surface area contributed by atoms with Crippen molar-refractivity contribution in [1.82, 2.24) is 9.21 Å². The molecule has 2 saturated heterocycles. The number of benzene rings is 1. The first-order valence-electron chi connectivity index (χ1n) is 9.29. The van der Waals surface area contributed by atoms with E-state index in [2.05, 4.69) is 0 Å². The van der Waals surface area contributed by atoms with Gasteiger partial charge in [0.25, 0.3) is 0 Å². The third kappa shape index (κ3) is 3.75. The Morgan fingerprint density at radius 2 is 2.11 bits per heavy atom. The van der Waals surface area contributed by atoms with Crippen LogP contribution in [0.2, 0.25) is 0 Å². The zero-order chi connectivity index (χ0) is 19.8. The number of hydrogen-bond donors (Lipinski definition) is 0. The van der Waals surface area contributed by atoms with Gasteiger partial charge in [-0.05, 0) is 43.9 Å². The molecule has 0 spiro atoms. The van der Waals surface area contributed by atoms with E-state index in [0.717, 1.165) is 6.07 Å². The van der Waals surface area contributed by atoms with E-state index in [-0.39, 0.29) is 22.1 Å². The van der Waals surface area contributed by atoms with Crippen LogP contribution < -0.4 is 0 Å². The highest BCUT2D eigenvalue weighted by Crippen LogP contribution is 2.45. The number of nitrogens with zero attached hydrogens (tertiary/aromatic N) is 2. The highest BCUT2D eigenvalue weighted by molar-refractivity contribution is 7.89. The Bertz CT molecular complexity index is 829. The number of ether oxygens (including phenoxy) is 1. The molecular weight excluding hydrogens is 371 g/mol. The number of hydrogen-bond acceptors (Lipinski definition) is 4. The van der Waals surface area contributed by atoms with Gasteiger partial charge in [0.2, 0.25) is 15.9 Å². The molecule has 2 aliphatic heterocycles. The summed E-state index contributed by atoms with van der Waals surface area (Å²) < 4.78 is 47.3. The van der Waals surface area contributed by atoms with E-state index in [0.29, 0.717) is 51.4 Å². The summed E-state index contributed by atoms with van der Waals surface area (Å²) in [7, 11) is -3.82. The molecule has 1 aromatic carbocycles. The van der Waals surface area contributed by atoms with Crippen LogP contribution in [0, 0.1) is 24.1 Å². The lowest BCUT2D eigenvalue weighted by molar-refractivity contribution is -0.133. The molecule has 1 aromatic rings. The average Bonchev–Trinajstić information content (AvgIpc) is 3.01. The van der Waals surface area contributed by atoms with Gasteiger partial charge in [-0.1, -0.05) is 6.07 Å². The molecular formula is C19H27FN2O4S. The lowest BCUT2D eigenvalue weighted by atomic mass is 9.73. The zero-order valence-corrected chi connectivity index (χ0v) is 16.9. The number of likely N-dealkylation sites (tertiary alicyclic amines) is 1. The predicted octanol–water partition coefficient (Wildman–Crippen LogP) is 2.03. The molecule has 6 nitrogen and oxygen atoms in total. The molecule has 2 aliphatic rings. The number of aryl methyl sites for hydroxylation is 1. The molecule has 2 unspecified atom stereocenters. The molecule has 3 rings (SSSR count). The maximum atomic E-state index is 13.7. The van der Waals surface area contributed by atoms with E-state index in [1.165, 1.54) is 23.4 Å². The fraction of sp³-hybridized carbons (Fsp3) is 0.632. The van der Waals surface area contributed by atoms with Gasteiger partial charge in [-0.2, -0.15) is 4.31 Å². The summed E-state index contributed by atoms with van der Waals surface area (Å²) >= 11 is 0. The second kappa shape index (κ2) is 7.48. The standard InChI is InChI=1S/C19H27FN2O4S/c1-4-26-13-19-7-8-21(15(3)23)10-16(19)11-22(12-19)27(24,25)18-9-17(20)6-5-14(18)2/h5-6,9,16H,4,7-8,10-13H2,1-3H3. The molecule has 0 radical (unpaired) electrons. The number of rotatable bonds is 5. The van der Waals surface area contributed by atoms with Crippen LogP contribution in [0.25, 0.3) is 0 Å². The topological polar surface area (TPSA) is 66.9 Å². The van der Waals surface area contributed by atoms with E-state index in [1.54, 1.807) is 11.8 Å². The summed E-state index contributed by atoms with van der Waals surface area (Å²) in [6.07, 6.45) is 0.700. The van der Waals surface area contributed by atoms with Crippen molar-refractivity contribution < 1.29 is 22.3 Å². The van der Waals surface area contributed by atoms with Crippen LogP contribution in [0.4, 0.5) is 4.39 Å². The molecule has 2 fully saturated rings. The first kappa shape index (κ1) is 20.2. The molecule has 0 bridgehead atoms. The van der Waals surface area contributed by atoms with E-state index >= 15 is 0 Å². The van der Waals surface area contributed by atoms with Gasteiger partial charge < -0.3 is 9.64 Å². The Kier molecular flexibility index (Phi) is 5.61. The summed E-state index contributed by atoms with van der Waals surface area (Å²) in [6.45, 7) is 7.92. The summed E-state index contributed by atoms with van der Waals surface area (Å²) in [5, 5.41) is 0. The summed E-state index contributed by atoms with van der Waals surface area (Å²) in [4.78, 5) is 13.6. The number of piperidine rings is 1. The Hall–Kier alpha value is -1.51. The van der Waals surface area contributed by atoms with Gasteiger partial charge in [0.1, 0.15) is 5.82 Å². The first-order chi connectivity index (χ1) is 12.7. The van der Waals surface area contributed by atoms with Crippen molar-refractivity contribution in [3.63, 3.8) is 0 Å². The summed E-state index contributed by atoms with van der Waals surface area (Å²) in [5.41, 5.74) is 0.214. The maximum absolute atomic E-state index is 13.7. The van der Waals surface area contributed by atoms with Crippen molar-refractivity contribution in [3.8, 4) is 0 Å². The Morgan fingerprint density at radius 1 is 1.37 bits per heavy atom. The second-order valence-corrected chi connectivity index (χ2v) is 9.53. The quantitative estimate of drug-likeness (QED) is 0.761. The van der Waals surface area contributed by atoms with Crippen LogP contribution in [-0.2, 0) is 19.6 Å². The fourth-order valence-corrected chi connectivity index (χ4v) is 6.05. The van der Waals surface area contributed by atoms with Crippen LogP contribution >= 0.6 is 0 Å². The van der Waals surface area contributed by atoms with Crippen LogP contribution in [-0.4, -0.2) is 62.9 Å². The first-order valence-corrected chi connectivity index (χ1v) is 10.7. The average molecular weight is 399 g/mol. The minimum absolute atomic E-state index is 0.00212. The number of sulfonamides is 1. The number of fused-ring (bicyclic) bond motifs is 1. The third-order valence-corrected chi connectivity index (χ3v) is 7.86. The smallest absolute Gasteiger partial charge is 0.243 e. The van der Waals surface area contributed by atoms with E-state index in [1.807, 2.05) is 6.92 Å². The highest BCUT2D eigenvalue weighted by Gasteiger charge is 2.53. The molecule has 150 valence electrons. The van der Waals surface area contributed by atoms with Gasteiger partial charge in [-0.25, -0.2) is 12.8 Å². The normalized spacial score (nSPS) is 26.2. The monoisotopic (exact) mass is 398 g/mol. The number of carbonyl (C=O) groups is 1. The van der Waals surface area contributed by atoms with Crippen molar-refractivity contribution in [2.45, 2.75) is 32.1 Å². The molecule has 0 N–H and O–H groups in total. The second-order valence-electron chi connectivity index (χ2n) is 7.62. The SMILES string of the molecule is CCOCC12CCN(C(C)=O)CC1CN(S(=O)(=O)c1cc(F)ccc1C)C2. The Balaban J connectivity index is 1.92. The zero-order valence-electron chi connectivity index (χ0n) is 16.1. The van der Waals surface area contributed by atoms with Gasteiger partial charge in [-0.15, -0.1) is 0 Å². The van der Waals surface area contributed by atoms with Gasteiger partial charge in [-0.3, -0.25) is 4.79 Å². The van der Waals surface area contributed by atoms with Crippen molar-refractivity contribution in [2.75, 3.05) is 39.4 Å². The molecule has 2 atom stereocenters. The lowest BCUT2D eigenvalue weighted by Gasteiger charge is -2.43. The van der Waals surface area contributed by atoms with Crippen molar-refractivity contribution >= 4 is 15.9 Å². The van der Waals surface area contributed by atoms with E-state index in [9.17, 15) is 17.6 Å². The third-order valence-electron chi connectivity index (χ3n) is 5.91. The van der Waals surface area contributed by atoms with Crippen molar-refractivity contribution in [3.05, 3.63) is 29.6 Å². The summed E-state index contributed by atoms with van der Waals surface area (Å²) in [5.74, 6) is -0.560. The molecule has 27 heavy (non-hydrogen) atoms. The van der Waals surface area contributed by atoms with Crippen LogP contribution in [0.1, 0.15) is 25.8 Å². The summed E-state index contributed by atoms with van der Waals surface area (Å²) in [6, 6.07) is 3.84. The van der Waals surface area contributed by atoms with Gasteiger partial charge in [0, 0.05) is 45.1 Å². The molecule has 2 heterocycles. The van der Waals surface area contributed by atoms with Gasteiger partial charge >= 0.3 is 0 Å².